The second kappa shape index (κ2) is 11.3. The molecule has 0 aromatic heterocycles. The molecule has 7 heteroatoms. The van der Waals surface area contributed by atoms with Gasteiger partial charge in [-0.1, -0.05) is 43.9 Å². The molecule has 0 bridgehead atoms. The maximum absolute atomic E-state index is 12.3. The van der Waals surface area contributed by atoms with Crippen molar-refractivity contribution < 1.29 is 19.5 Å². The predicted molar refractivity (Wildman–Crippen MR) is 96.2 cm³/mol. The van der Waals surface area contributed by atoms with Crippen LogP contribution < -0.4 is 5.32 Å². The molecule has 24 heavy (non-hydrogen) atoms. The fourth-order valence-corrected chi connectivity index (χ4v) is 3.50. The van der Waals surface area contributed by atoms with Crippen LogP contribution in [-0.2, 0) is 9.59 Å². The second-order valence-electron chi connectivity index (χ2n) is 6.48. The van der Waals surface area contributed by atoms with Gasteiger partial charge in [-0.3, -0.25) is 9.59 Å². The van der Waals surface area contributed by atoms with Gasteiger partial charge in [0.25, 0.3) is 0 Å². The lowest BCUT2D eigenvalue weighted by Gasteiger charge is -2.28. The predicted octanol–water partition coefficient (Wildman–Crippen LogP) is 3.11. The number of aliphatic carboxylic acids is 1. The van der Waals surface area contributed by atoms with Gasteiger partial charge in [-0.25, -0.2) is 4.79 Å². The first-order chi connectivity index (χ1) is 11.4. The minimum Gasteiger partial charge on any atom is -0.480 e. The molecule has 1 saturated carbocycles. The number of hydrogen-bond acceptors (Lipinski definition) is 4. The number of thioether (sulfide) groups is 1. The van der Waals surface area contributed by atoms with E-state index in [2.05, 4.69) is 5.32 Å². The molecule has 1 aliphatic carbocycles. The molecule has 0 heterocycles. The Morgan fingerprint density at radius 1 is 1.21 bits per heavy atom. The summed E-state index contributed by atoms with van der Waals surface area (Å²) in [5.41, 5.74) is 0. The first kappa shape index (κ1) is 20.8. The van der Waals surface area contributed by atoms with Crippen LogP contribution in [0, 0.1) is 5.92 Å². The second-order valence-corrected chi connectivity index (χ2v) is 7.75. The highest BCUT2D eigenvalue weighted by Gasteiger charge is 2.21. The number of hydrogen-bond donors (Lipinski definition) is 2. The van der Waals surface area contributed by atoms with Gasteiger partial charge in [-0.2, -0.15) is 0 Å². The van der Waals surface area contributed by atoms with E-state index in [1.54, 1.807) is 4.90 Å². The first-order valence-corrected chi connectivity index (χ1v) is 9.80. The van der Waals surface area contributed by atoms with Gasteiger partial charge in [0, 0.05) is 25.8 Å². The third kappa shape index (κ3) is 8.57. The Labute approximate surface area is 148 Å². The Hall–Kier alpha value is -1.24. The molecule has 0 aromatic rings. The van der Waals surface area contributed by atoms with Crippen molar-refractivity contribution in [3.05, 3.63) is 0 Å². The van der Waals surface area contributed by atoms with E-state index in [1.807, 2.05) is 0 Å². The van der Waals surface area contributed by atoms with Gasteiger partial charge in [0.05, 0.1) is 0 Å². The van der Waals surface area contributed by atoms with Gasteiger partial charge in [0.1, 0.15) is 6.04 Å². The number of carboxylic acids is 1. The largest absolute Gasteiger partial charge is 0.480 e. The summed E-state index contributed by atoms with van der Waals surface area (Å²) < 4.78 is 0. The van der Waals surface area contributed by atoms with E-state index in [0.717, 1.165) is 12.8 Å². The zero-order valence-electron chi connectivity index (χ0n) is 14.8. The Balaban J connectivity index is 2.48. The van der Waals surface area contributed by atoms with Crippen molar-refractivity contribution in [1.82, 2.24) is 10.2 Å². The summed E-state index contributed by atoms with van der Waals surface area (Å²) in [5, 5.41) is 11.6. The number of urea groups is 1. The number of carboxylic acid groups (broad SMARTS) is 1. The molecule has 0 saturated heterocycles. The summed E-state index contributed by atoms with van der Waals surface area (Å²) in [6, 6.07) is -1.23. The van der Waals surface area contributed by atoms with Crippen molar-refractivity contribution in [3.63, 3.8) is 0 Å². The zero-order chi connectivity index (χ0) is 17.9. The van der Waals surface area contributed by atoms with E-state index in [1.165, 1.54) is 57.7 Å². The van der Waals surface area contributed by atoms with E-state index >= 15 is 0 Å². The fraction of sp³-hybridized carbons (Fsp3) is 0.824. The molecule has 2 N–H and O–H groups in total. The average Bonchev–Trinajstić information content (AvgIpc) is 2.54. The molecule has 138 valence electrons. The maximum atomic E-state index is 12.3. The highest BCUT2D eigenvalue weighted by atomic mass is 32.2. The molecule has 0 aromatic carbocycles. The summed E-state index contributed by atoms with van der Waals surface area (Å²) in [6.07, 6.45) is 7.98. The SMILES string of the molecule is CC(=O)SCCCN(CCC1CCCCC1)C(=O)N[C@@H](C)C(=O)O. The van der Waals surface area contributed by atoms with Gasteiger partial charge in [-0.05, 0) is 25.7 Å². The summed E-state index contributed by atoms with van der Waals surface area (Å²) in [4.78, 5) is 35.9. The fourth-order valence-electron chi connectivity index (χ4n) is 2.94. The number of carbonyl (C=O) groups excluding carboxylic acids is 2. The Morgan fingerprint density at radius 2 is 1.88 bits per heavy atom. The number of nitrogens with one attached hydrogen (secondary N) is 1. The van der Waals surface area contributed by atoms with Crippen LogP contribution in [0.3, 0.4) is 0 Å². The van der Waals surface area contributed by atoms with Crippen molar-refractivity contribution in [2.45, 2.75) is 64.8 Å². The van der Waals surface area contributed by atoms with Gasteiger partial charge >= 0.3 is 12.0 Å². The van der Waals surface area contributed by atoms with Crippen molar-refractivity contribution in [3.8, 4) is 0 Å². The lowest BCUT2D eigenvalue weighted by Crippen LogP contribution is -2.47. The zero-order valence-corrected chi connectivity index (χ0v) is 15.6. The summed E-state index contributed by atoms with van der Waals surface area (Å²) in [6.45, 7) is 4.19. The normalized spacial score (nSPS) is 16.4. The molecular formula is C17H30N2O4S. The molecule has 0 aliphatic heterocycles. The van der Waals surface area contributed by atoms with E-state index < -0.39 is 12.0 Å². The number of amides is 2. The summed E-state index contributed by atoms with van der Waals surface area (Å²) in [5.74, 6) is 0.303. The van der Waals surface area contributed by atoms with Crippen LogP contribution in [0.1, 0.15) is 58.8 Å². The molecule has 0 spiro atoms. The van der Waals surface area contributed by atoms with Crippen LogP contribution in [-0.4, -0.2) is 52.0 Å². The van der Waals surface area contributed by atoms with Crippen molar-refractivity contribution >= 4 is 28.9 Å². The molecule has 1 aliphatic rings. The van der Waals surface area contributed by atoms with Crippen molar-refractivity contribution in [2.24, 2.45) is 5.92 Å². The Kier molecular flexibility index (Phi) is 9.83. The topological polar surface area (TPSA) is 86.7 Å². The number of carbonyl (C=O) groups is 3. The van der Waals surface area contributed by atoms with Gasteiger partial charge in [0.2, 0.25) is 0 Å². The molecule has 0 radical (unpaired) electrons. The molecule has 6 nitrogen and oxygen atoms in total. The highest BCUT2D eigenvalue weighted by Crippen LogP contribution is 2.26. The van der Waals surface area contributed by atoms with Crippen LogP contribution in [0.4, 0.5) is 4.79 Å². The molecule has 1 fully saturated rings. The van der Waals surface area contributed by atoms with Crippen LogP contribution in [0.2, 0.25) is 0 Å². The third-order valence-electron chi connectivity index (χ3n) is 4.41. The van der Waals surface area contributed by atoms with Crippen molar-refractivity contribution in [2.75, 3.05) is 18.8 Å². The lowest BCUT2D eigenvalue weighted by atomic mass is 9.87. The number of rotatable bonds is 9. The molecule has 1 rings (SSSR count). The van der Waals surface area contributed by atoms with E-state index in [-0.39, 0.29) is 11.1 Å². The Morgan fingerprint density at radius 3 is 2.46 bits per heavy atom. The van der Waals surface area contributed by atoms with Gasteiger partial charge < -0.3 is 15.3 Å². The van der Waals surface area contributed by atoms with E-state index in [4.69, 9.17) is 5.11 Å². The van der Waals surface area contributed by atoms with E-state index in [0.29, 0.717) is 24.8 Å². The first-order valence-electron chi connectivity index (χ1n) is 8.81. The van der Waals surface area contributed by atoms with Gasteiger partial charge in [0.15, 0.2) is 5.12 Å². The minimum atomic E-state index is -1.04. The van der Waals surface area contributed by atoms with Crippen LogP contribution in [0.25, 0.3) is 0 Å². The third-order valence-corrected chi connectivity index (χ3v) is 5.31. The van der Waals surface area contributed by atoms with Crippen LogP contribution in [0.15, 0.2) is 0 Å². The monoisotopic (exact) mass is 358 g/mol. The maximum Gasteiger partial charge on any atom is 0.325 e. The average molecular weight is 359 g/mol. The molecule has 0 unspecified atom stereocenters. The van der Waals surface area contributed by atoms with Crippen molar-refractivity contribution in [1.29, 1.82) is 0 Å². The van der Waals surface area contributed by atoms with Gasteiger partial charge in [-0.15, -0.1) is 0 Å². The highest BCUT2D eigenvalue weighted by molar-refractivity contribution is 8.13. The summed E-state index contributed by atoms with van der Waals surface area (Å²) in [7, 11) is 0. The smallest absolute Gasteiger partial charge is 0.325 e. The Bertz CT molecular complexity index is 425. The lowest BCUT2D eigenvalue weighted by molar-refractivity contribution is -0.138. The molecule has 1 atom stereocenters. The summed E-state index contributed by atoms with van der Waals surface area (Å²) >= 11 is 1.26. The number of nitrogens with zero attached hydrogens (tertiary/aromatic N) is 1. The molecular weight excluding hydrogens is 328 g/mol. The molecule has 2 amide bonds. The van der Waals surface area contributed by atoms with Crippen LogP contribution >= 0.6 is 11.8 Å². The minimum absolute atomic E-state index is 0.0766. The standard InChI is InChI=1S/C17H30N2O4S/c1-13(16(21)22)18-17(23)19(10-6-12-24-14(2)20)11-9-15-7-4-3-5-8-15/h13,15H,3-12H2,1-2H3,(H,18,23)(H,21,22)/t13-/m0/s1. The van der Waals surface area contributed by atoms with Crippen LogP contribution in [0.5, 0.6) is 0 Å². The van der Waals surface area contributed by atoms with E-state index in [9.17, 15) is 14.4 Å². The quantitative estimate of drug-likeness (QED) is 0.619.